The van der Waals surface area contributed by atoms with Gasteiger partial charge >= 0.3 is 0 Å². The summed E-state index contributed by atoms with van der Waals surface area (Å²) in [5, 5.41) is 7.50. The molecule has 5 heteroatoms. The summed E-state index contributed by atoms with van der Waals surface area (Å²) in [5.74, 6) is 0.879. The second-order valence-electron chi connectivity index (χ2n) is 4.46. The molecule has 0 saturated heterocycles. The Bertz CT molecular complexity index is 527. The Morgan fingerprint density at radius 1 is 1.42 bits per heavy atom. The van der Waals surface area contributed by atoms with Crippen molar-refractivity contribution in [2.45, 2.75) is 19.6 Å². The van der Waals surface area contributed by atoms with Crippen LogP contribution < -0.4 is 10.1 Å². The highest BCUT2D eigenvalue weighted by Gasteiger charge is 2.05. The summed E-state index contributed by atoms with van der Waals surface area (Å²) in [6, 6.07) is 9.89. The van der Waals surface area contributed by atoms with Crippen molar-refractivity contribution in [3.8, 4) is 5.75 Å². The van der Waals surface area contributed by atoms with E-state index in [1.807, 2.05) is 42.1 Å². The van der Waals surface area contributed by atoms with Crippen molar-refractivity contribution in [1.29, 1.82) is 0 Å². The monoisotopic (exact) mass is 323 g/mol. The van der Waals surface area contributed by atoms with Crippen molar-refractivity contribution in [2.75, 3.05) is 6.54 Å². The molecule has 1 aromatic heterocycles. The number of hydrogen-bond donors (Lipinski definition) is 1. The Hall–Kier alpha value is -1.33. The zero-order chi connectivity index (χ0) is 13.7. The number of rotatable bonds is 6. The van der Waals surface area contributed by atoms with Gasteiger partial charge in [0.1, 0.15) is 11.9 Å². The van der Waals surface area contributed by atoms with Crippen molar-refractivity contribution < 1.29 is 4.74 Å². The topological polar surface area (TPSA) is 39.1 Å². The molecule has 0 unspecified atom stereocenters. The average molecular weight is 324 g/mol. The number of aromatic nitrogens is 2. The first-order valence-electron chi connectivity index (χ1n) is 6.25. The van der Waals surface area contributed by atoms with Gasteiger partial charge in [0.05, 0.1) is 5.69 Å². The number of nitrogens with one attached hydrogen (secondary N) is 1. The molecule has 0 fully saturated rings. The van der Waals surface area contributed by atoms with E-state index in [2.05, 4.69) is 33.3 Å². The molecule has 0 spiro atoms. The first-order chi connectivity index (χ1) is 9.15. The van der Waals surface area contributed by atoms with Crippen molar-refractivity contribution in [2.24, 2.45) is 7.05 Å². The summed E-state index contributed by atoms with van der Waals surface area (Å²) in [6.45, 7) is 3.64. The zero-order valence-electron chi connectivity index (χ0n) is 11.1. The maximum Gasteiger partial charge on any atom is 0.120 e. The van der Waals surface area contributed by atoms with Gasteiger partial charge in [0.15, 0.2) is 0 Å². The van der Waals surface area contributed by atoms with Gasteiger partial charge in [-0.3, -0.25) is 4.68 Å². The van der Waals surface area contributed by atoms with Gasteiger partial charge in [-0.2, -0.15) is 5.10 Å². The van der Waals surface area contributed by atoms with E-state index >= 15 is 0 Å². The molecule has 0 aliphatic carbocycles. The Morgan fingerprint density at radius 3 is 2.95 bits per heavy atom. The van der Waals surface area contributed by atoms with E-state index in [0.717, 1.165) is 29.0 Å². The normalized spacial score (nSPS) is 12.4. The average Bonchev–Trinajstić information content (AvgIpc) is 2.75. The fourth-order valence-corrected chi connectivity index (χ4v) is 2.17. The third-order valence-corrected chi connectivity index (χ3v) is 3.29. The van der Waals surface area contributed by atoms with Crippen LogP contribution in [-0.2, 0) is 13.6 Å². The molecule has 1 aromatic carbocycles. The van der Waals surface area contributed by atoms with Crippen LogP contribution in [0.5, 0.6) is 5.75 Å². The summed E-state index contributed by atoms with van der Waals surface area (Å²) in [6.07, 6.45) is 1.92. The van der Waals surface area contributed by atoms with E-state index in [4.69, 9.17) is 4.74 Å². The largest absolute Gasteiger partial charge is 0.489 e. The minimum Gasteiger partial charge on any atom is -0.489 e. The molecule has 0 radical (unpaired) electrons. The van der Waals surface area contributed by atoms with E-state index < -0.39 is 0 Å². The van der Waals surface area contributed by atoms with Gasteiger partial charge in [0.25, 0.3) is 0 Å². The summed E-state index contributed by atoms with van der Waals surface area (Å²) >= 11 is 3.43. The lowest BCUT2D eigenvalue weighted by Gasteiger charge is -2.15. The van der Waals surface area contributed by atoms with Crippen LogP contribution in [0.4, 0.5) is 0 Å². The first-order valence-corrected chi connectivity index (χ1v) is 7.04. The van der Waals surface area contributed by atoms with E-state index in [1.54, 1.807) is 6.20 Å². The molecule has 1 atom stereocenters. The Kier molecular flexibility index (Phi) is 4.99. The second kappa shape index (κ2) is 6.73. The van der Waals surface area contributed by atoms with Gasteiger partial charge in [-0.25, -0.2) is 0 Å². The minimum atomic E-state index is 0.113. The van der Waals surface area contributed by atoms with Crippen LogP contribution >= 0.6 is 15.9 Å². The van der Waals surface area contributed by atoms with Gasteiger partial charge in [0.2, 0.25) is 0 Å². The summed E-state index contributed by atoms with van der Waals surface area (Å²) < 4.78 is 8.73. The molecule has 102 valence electrons. The first kappa shape index (κ1) is 14.1. The lowest BCUT2D eigenvalue weighted by Crippen LogP contribution is -2.29. The van der Waals surface area contributed by atoms with E-state index in [1.165, 1.54) is 0 Å². The highest BCUT2D eigenvalue weighted by atomic mass is 79.9. The summed E-state index contributed by atoms with van der Waals surface area (Å²) in [5.41, 5.74) is 1.16. The Labute approximate surface area is 121 Å². The van der Waals surface area contributed by atoms with E-state index in [0.29, 0.717) is 0 Å². The highest BCUT2D eigenvalue weighted by molar-refractivity contribution is 9.10. The summed E-state index contributed by atoms with van der Waals surface area (Å²) in [7, 11) is 1.94. The van der Waals surface area contributed by atoms with Crippen LogP contribution in [0.25, 0.3) is 0 Å². The van der Waals surface area contributed by atoms with Crippen molar-refractivity contribution in [3.05, 3.63) is 46.7 Å². The number of hydrogen-bond acceptors (Lipinski definition) is 3. The van der Waals surface area contributed by atoms with Gasteiger partial charge in [0, 0.05) is 30.8 Å². The number of benzene rings is 1. The van der Waals surface area contributed by atoms with Crippen molar-refractivity contribution in [3.63, 3.8) is 0 Å². The number of aryl methyl sites for hydroxylation is 1. The summed E-state index contributed by atoms with van der Waals surface area (Å²) in [4.78, 5) is 0. The lowest BCUT2D eigenvalue weighted by molar-refractivity contribution is 0.216. The number of ether oxygens (including phenoxy) is 1. The van der Waals surface area contributed by atoms with Crippen molar-refractivity contribution in [1.82, 2.24) is 15.1 Å². The molecule has 1 N–H and O–H groups in total. The maximum atomic E-state index is 5.83. The lowest BCUT2D eigenvalue weighted by atomic mass is 10.3. The van der Waals surface area contributed by atoms with Crippen LogP contribution in [0, 0.1) is 0 Å². The smallest absolute Gasteiger partial charge is 0.120 e. The van der Waals surface area contributed by atoms with Crippen LogP contribution in [-0.4, -0.2) is 22.4 Å². The SMILES string of the molecule is C[C@@H](CNCc1ccnn1C)Oc1cccc(Br)c1. The standard InChI is InChI=1S/C14H18BrN3O/c1-11(19-14-5-3-4-12(15)8-14)9-16-10-13-6-7-17-18(13)2/h3-8,11,16H,9-10H2,1-2H3/t11-/m0/s1. The third kappa shape index (κ3) is 4.36. The number of nitrogens with zero attached hydrogens (tertiary/aromatic N) is 2. The van der Waals surface area contributed by atoms with Crippen LogP contribution in [0.2, 0.25) is 0 Å². The number of halogens is 1. The van der Waals surface area contributed by atoms with Crippen LogP contribution in [0.1, 0.15) is 12.6 Å². The molecule has 2 aromatic rings. The fraction of sp³-hybridized carbons (Fsp3) is 0.357. The molecular weight excluding hydrogens is 306 g/mol. The molecular formula is C14H18BrN3O. The molecule has 2 rings (SSSR count). The molecule has 0 amide bonds. The molecule has 0 aliphatic rings. The molecule has 0 saturated carbocycles. The minimum absolute atomic E-state index is 0.113. The van der Waals surface area contributed by atoms with Gasteiger partial charge in [-0.15, -0.1) is 0 Å². The fourth-order valence-electron chi connectivity index (χ4n) is 1.79. The predicted octanol–water partition coefficient (Wildman–Crippen LogP) is 2.74. The van der Waals surface area contributed by atoms with E-state index in [-0.39, 0.29) is 6.10 Å². The molecule has 4 nitrogen and oxygen atoms in total. The van der Waals surface area contributed by atoms with Gasteiger partial charge in [-0.1, -0.05) is 22.0 Å². The van der Waals surface area contributed by atoms with E-state index in [9.17, 15) is 0 Å². The zero-order valence-corrected chi connectivity index (χ0v) is 12.7. The maximum absolute atomic E-state index is 5.83. The molecule has 1 heterocycles. The second-order valence-corrected chi connectivity index (χ2v) is 5.38. The Morgan fingerprint density at radius 2 is 2.26 bits per heavy atom. The molecule has 0 bridgehead atoms. The highest BCUT2D eigenvalue weighted by Crippen LogP contribution is 2.18. The van der Waals surface area contributed by atoms with Crippen LogP contribution in [0.3, 0.4) is 0 Å². The molecule has 19 heavy (non-hydrogen) atoms. The predicted molar refractivity (Wildman–Crippen MR) is 79.1 cm³/mol. The van der Waals surface area contributed by atoms with Crippen molar-refractivity contribution >= 4 is 15.9 Å². The van der Waals surface area contributed by atoms with Crippen LogP contribution in [0.15, 0.2) is 41.0 Å². The van der Waals surface area contributed by atoms with Gasteiger partial charge < -0.3 is 10.1 Å². The Balaban J connectivity index is 1.76. The molecule has 0 aliphatic heterocycles. The quantitative estimate of drug-likeness (QED) is 0.888. The van der Waals surface area contributed by atoms with Gasteiger partial charge in [-0.05, 0) is 31.2 Å². The third-order valence-electron chi connectivity index (χ3n) is 2.79.